The van der Waals surface area contributed by atoms with E-state index >= 15 is 0 Å². The normalized spacial score (nSPS) is 13.7. The fourth-order valence-electron chi connectivity index (χ4n) is 3.63. The van der Waals surface area contributed by atoms with Crippen molar-refractivity contribution in [3.05, 3.63) is 84.4 Å². The van der Waals surface area contributed by atoms with E-state index in [1.54, 1.807) is 16.7 Å². The number of aryl methyl sites for hydroxylation is 1. The van der Waals surface area contributed by atoms with Crippen molar-refractivity contribution < 1.29 is 14.3 Å². The van der Waals surface area contributed by atoms with Crippen LogP contribution in [-0.2, 0) is 17.6 Å². The van der Waals surface area contributed by atoms with Gasteiger partial charge in [0.05, 0.1) is 15.4 Å². The van der Waals surface area contributed by atoms with Crippen LogP contribution in [0.3, 0.4) is 0 Å². The van der Waals surface area contributed by atoms with Gasteiger partial charge in [-0.05, 0) is 60.0 Å². The highest BCUT2D eigenvalue weighted by Crippen LogP contribution is 2.29. The third-order valence-corrected chi connectivity index (χ3v) is 7.64. The van der Waals surface area contributed by atoms with Gasteiger partial charge in [-0.25, -0.2) is 9.78 Å². The molecule has 31 heavy (non-hydrogen) atoms. The van der Waals surface area contributed by atoms with E-state index in [2.05, 4.69) is 0 Å². The van der Waals surface area contributed by atoms with Crippen LogP contribution in [-0.4, -0.2) is 21.4 Å². The molecular formula is C23H18N2O3S3. The molecule has 0 fully saturated rings. The molecule has 156 valence electrons. The molecular weight excluding hydrogens is 448 g/mol. The maximum Gasteiger partial charge on any atom is 0.353 e. The van der Waals surface area contributed by atoms with E-state index < -0.39 is 5.97 Å². The molecule has 5 rings (SSSR count). The fourth-order valence-corrected chi connectivity index (χ4v) is 5.56. The van der Waals surface area contributed by atoms with E-state index in [9.17, 15) is 9.59 Å². The number of ether oxygens (including phenoxy) is 1. The summed E-state index contributed by atoms with van der Waals surface area (Å²) < 4.78 is 7.48. The summed E-state index contributed by atoms with van der Waals surface area (Å²) in [6.07, 6.45) is 5.48. The van der Waals surface area contributed by atoms with Gasteiger partial charge in [0.15, 0.2) is 5.76 Å². The Kier molecular flexibility index (Phi) is 5.67. The summed E-state index contributed by atoms with van der Waals surface area (Å²) in [6, 6.07) is 11.0. The van der Waals surface area contributed by atoms with Gasteiger partial charge >= 0.3 is 5.97 Å². The average Bonchev–Trinajstić information content (AvgIpc) is 3.58. The zero-order chi connectivity index (χ0) is 21.2. The Morgan fingerprint density at radius 3 is 2.23 bits per heavy atom. The second-order valence-corrected chi connectivity index (χ2v) is 9.88. The summed E-state index contributed by atoms with van der Waals surface area (Å²) in [5, 5.41) is 5.66. The van der Waals surface area contributed by atoms with E-state index in [0.29, 0.717) is 21.3 Å². The molecule has 5 nitrogen and oxygen atoms in total. The number of rotatable bonds is 5. The molecule has 0 saturated heterocycles. The summed E-state index contributed by atoms with van der Waals surface area (Å²) >= 11 is 4.22. The lowest BCUT2D eigenvalue weighted by molar-refractivity contribution is 0.0699. The SMILES string of the molecule is O=C(OC(=Cc1nc2c(n1C(=O)c1cccs1)CCCC2)c1cccs1)c1cccs1. The van der Waals surface area contributed by atoms with Crippen molar-refractivity contribution in [1.82, 2.24) is 9.55 Å². The number of carbonyl (C=O) groups excluding carboxylic acids is 2. The molecule has 0 aliphatic heterocycles. The van der Waals surface area contributed by atoms with Gasteiger partial charge in [-0.2, -0.15) is 0 Å². The topological polar surface area (TPSA) is 61.2 Å². The number of esters is 1. The number of imidazole rings is 1. The van der Waals surface area contributed by atoms with Crippen molar-refractivity contribution in [1.29, 1.82) is 0 Å². The highest BCUT2D eigenvalue weighted by Gasteiger charge is 2.25. The number of thiophene rings is 3. The molecule has 0 aromatic carbocycles. The van der Waals surface area contributed by atoms with E-state index in [0.717, 1.165) is 41.9 Å². The Bertz CT molecular complexity index is 1230. The molecule has 0 N–H and O–H groups in total. The summed E-state index contributed by atoms with van der Waals surface area (Å²) in [6.45, 7) is 0. The smallest absolute Gasteiger partial charge is 0.353 e. The number of hydrogen-bond acceptors (Lipinski definition) is 7. The summed E-state index contributed by atoms with van der Waals surface area (Å²) in [5.41, 5.74) is 1.92. The van der Waals surface area contributed by atoms with Gasteiger partial charge in [0, 0.05) is 11.8 Å². The predicted molar refractivity (Wildman–Crippen MR) is 125 cm³/mol. The van der Waals surface area contributed by atoms with E-state index in [-0.39, 0.29) is 5.91 Å². The number of hydrogen-bond donors (Lipinski definition) is 0. The van der Waals surface area contributed by atoms with Crippen LogP contribution in [0.5, 0.6) is 0 Å². The first-order valence-corrected chi connectivity index (χ1v) is 12.5. The van der Waals surface area contributed by atoms with Gasteiger partial charge in [0.2, 0.25) is 0 Å². The molecule has 0 saturated carbocycles. The van der Waals surface area contributed by atoms with Crippen molar-refractivity contribution in [3.8, 4) is 0 Å². The minimum Gasteiger partial charge on any atom is -0.421 e. The number of carbonyl (C=O) groups is 2. The molecule has 0 atom stereocenters. The molecule has 4 aromatic heterocycles. The highest BCUT2D eigenvalue weighted by atomic mass is 32.1. The molecule has 4 aromatic rings. The van der Waals surface area contributed by atoms with Gasteiger partial charge in [0.25, 0.3) is 5.91 Å². The second kappa shape index (κ2) is 8.74. The van der Waals surface area contributed by atoms with Crippen molar-refractivity contribution in [3.63, 3.8) is 0 Å². The standard InChI is InChI=1S/C23H18N2O3S3/c26-22(19-9-4-12-30-19)25-16-7-2-1-6-15(16)24-21(25)14-17(18-8-3-11-29-18)28-23(27)20-10-5-13-31-20/h3-5,8-14H,1-2,6-7H2. The molecule has 1 aliphatic carbocycles. The largest absolute Gasteiger partial charge is 0.421 e. The molecule has 0 amide bonds. The average molecular weight is 467 g/mol. The first-order valence-electron chi connectivity index (χ1n) is 9.90. The van der Waals surface area contributed by atoms with Crippen LogP contribution in [0.4, 0.5) is 0 Å². The third kappa shape index (κ3) is 4.06. The van der Waals surface area contributed by atoms with Crippen LogP contribution in [0.15, 0.2) is 52.5 Å². The van der Waals surface area contributed by atoms with Crippen molar-refractivity contribution in [2.24, 2.45) is 0 Å². The lowest BCUT2D eigenvalue weighted by Crippen LogP contribution is -2.17. The predicted octanol–water partition coefficient (Wildman–Crippen LogP) is 5.99. The maximum absolute atomic E-state index is 13.3. The van der Waals surface area contributed by atoms with Gasteiger partial charge in [0.1, 0.15) is 10.7 Å². The number of fused-ring (bicyclic) bond motifs is 1. The first kappa shape index (κ1) is 20.1. The maximum atomic E-state index is 13.3. The van der Waals surface area contributed by atoms with Crippen molar-refractivity contribution in [2.75, 3.05) is 0 Å². The van der Waals surface area contributed by atoms with Crippen LogP contribution < -0.4 is 0 Å². The quantitative estimate of drug-likeness (QED) is 0.268. The number of nitrogens with zero attached hydrogens (tertiary/aromatic N) is 2. The van der Waals surface area contributed by atoms with Crippen LogP contribution in [0.25, 0.3) is 11.8 Å². The van der Waals surface area contributed by atoms with E-state index in [1.807, 2.05) is 46.5 Å². The monoisotopic (exact) mass is 466 g/mol. The Labute approximate surface area is 191 Å². The molecule has 0 spiro atoms. The van der Waals surface area contributed by atoms with Crippen LogP contribution in [0, 0.1) is 0 Å². The molecule has 4 heterocycles. The molecule has 0 bridgehead atoms. The van der Waals surface area contributed by atoms with Crippen LogP contribution >= 0.6 is 34.0 Å². The summed E-state index contributed by atoms with van der Waals surface area (Å²) in [5.74, 6) is 0.401. The molecule has 1 aliphatic rings. The lowest BCUT2D eigenvalue weighted by atomic mass is 10.0. The van der Waals surface area contributed by atoms with Crippen LogP contribution in [0.1, 0.15) is 54.3 Å². The zero-order valence-electron chi connectivity index (χ0n) is 16.4. The van der Waals surface area contributed by atoms with Gasteiger partial charge in [-0.1, -0.05) is 18.2 Å². The van der Waals surface area contributed by atoms with Crippen molar-refractivity contribution >= 4 is 57.7 Å². The molecule has 0 unspecified atom stereocenters. The summed E-state index contributed by atoms with van der Waals surface area (Å²) in [7, 11) is 0. The van der Waals surface area contributed by atoms with E-state index in [1.165, 1.54) is 34.0 Å². The minimum absolute atomic E-state index is 0.0907. The van der Waals surface area contributed by atoms with Gasteiger partial charge < -0.3 is 4.74 Å². The van der Waals surface area contributed by atoms with Crippen molar-refractivity contribution in [2.45, 2.75) is 25.7 Å². The second-order valence-electron chi connectivity index (χ2n) is 7.04. The number of aromatic nitrogens is 2. The Morgan fingerprint density at radius 1 is 0.903 bits per heavy atom. The lowest BCUT2D eigenvalue weighted by Gasteiger charge is -2.13. The molecule has 8 heteroatoms. The van der Waals surface area contributed by atoms with Crippen LogP contribution in [0.2, 0.25) is 0 Å². The first-order chi connectivity index (χ1) is 15.2. The minimum atomic E-state index is -0.415. The summed E-state index contributed by atoms with van der Waals surface area (Å²) in [4.78, 5) is 32.8. The Balaban J connectivity index is 1.60. The fraction of sp³-hybridized carbons (Fsp3) is 0.174. The third-order valence-electron chi connectivity index (χ3n) is 5.04. The zero-order valence-corrected chi connectivity index (χ0v) is 18.9. The Morgan fingerprint density at radius 2 is 1.55 bits per heavy atom. The van der Waals surface area contributed by atoms with Gasteiger partial charge in [-0.3, -0.25) is 9.36 Å². The van der Waals surface area contributed by atoms with Gasteiger partial charge in [-0.15, -0.1) is 34.0 Å². The highest BCUT2D eigenvalue weighted by molar-refractivity contribution is 7.12. The molecule has 0 radical (unpaired) electrons. The van der Waals surface area contributed by atoms with E-state index in [4.69, 9.17) is 9.72 Å². The Hall–Kier alpha value is -2.81.